The van der Waals surface area contributed by atoms with Gasteiger partial charge in [0.15, 0.2) is 0 Å². The van der Waals surface area contributed by atoms with Crippen LogP contribution in [0.25, 0.3) is 0 Å². The number of benzene rings is 1. The van der Waals surface area contributed by atoms with Crippen molar-refractivity contribution in [1.29, 1.82) is 0 Å². The van der Waals surface area contributed by atoms with Gasteiger partial charge in [-0.15, -0.1) is 0 Å². The second kappa shape index (κ2) is 9.12. The Bertz CT molecular complexity index is 877. The third kappa shape index (κ3) is 5.62. The van der Waals surface area contributed by atoms with Crippen LogP contribution in [0.5, 0.6) is 0 Å². The molecule has 0 aliphatic heterocycles. The van der Waals surface area contributed by atoms with Crippen LogP contribution in [0.1, 0.15) is 31.0 Å². The third-order valence-corrected chi connectivity index (χ3v) is 5.91. The minimum Gasteiger partial charge on any atom is -0.464 e. The smallest absolute Gasteiger partial charge is 0.330 e. The van der Waals surface area contributed by atoms with E-state index in [1.54, 1.807) is 35.9 Å². The highest BCUT2D eigenvalue weighted by molar-refractivity contribution is 7.89. The van der Waals surface area contributed by atoms with Gasteiger partial charge in [0.25, 0.3) is 0 Å². The molecule has 2 atom stereocenters. The van der Waals surface area contributed by atoms with E-state index in [2.05, 4.69) is 10.0 Å². The second-order valence-electron chi connectivity index (χ2n) is 5.90. The SMILES string of the molecule is CCOC(=O)[C@@H](NC(C)=O)[C@@H](NS(=O)(=O)c1ccc(C)cc1)c1ccsc1. The molecule has 2 N–H and O–H groups in total. The molecule has 0 aliphatic carbocycles. The molecule has 0 bridgehead atoms. The van der Waals surface area contributed by atoms with Gasteiger partial charge < -0.3 is 10.1 Å². The summed E-state index contributed by atoms with van der Waals surface area (Å²) in [6, 6.07) is 5.83. The molecule has 0 aliphatic rings. The monoisotopic (exact) mass is 410 g/mol. The van der Waals surface area contributed by atoms with Gasteiger partial charge in [-0.2, -0.15) is 11.3 Å². The second-order valence-corrected chi connectivity index (χ2v) is 8.39. The van der Waals surface area contributed by atoms with Gasteiger partial charge in [0, 0.05) is 6.92 Å². The molecule has 1 heterocycles. The van der Waals surface area contributed by atoms with Crippen LogP contribution in [0.3, 0.4) is 0 Å². The van der Waals surface area contributed by atoms with Crippen molar-refractivity contribution in [3.63, 3.8) is 0 Å². The Morgan fingerprint density at radius 3 is 2.37 bits per heavy atom. The van der Waals surface area contributed by atoms with E-state index >= 15 is 0 Å². The van der Waals surface area contributed by atoms with Crippen LogP contribution in [0.15, 0.2) is 46.0 Å². The van der Waals surface area contributed by atoms with Gasteiger partial charge in [0.2, 0.25) is 15.9 Å². The lowest BCUT2D eigenvalue weighted by atomic mass is 10.0. The van der Waals surface area contributed by atoms with Crippen molar-refractivity contribution >= 4 is 33.2 Å². The lowest BCUT2D eigenvalue weighted by Gasteiger charge is -2.26. The van der Waals surface area contributed by atoms with Crippen molar-refractivity contribution in [2.75, 3.05) is 6.61 Å². The van der Waals surface area contributed by atoms with Crippen molar-refractivity contribution in [2.45, 2.75) is 37.8 Å². The molecule has 0 unspecified atom stereocenters. The average molecular weight is 411 g/mol. The van der Waals surface area contributed by atoms with E-state index in [1.807, 2.05) is 6.92 Å². The van der Waals surface area contributed by atoms with E-state index < -0.39 is 34.0 Å². The minimum atomic E-state index is -3.94. The van der Waals surface area contributed by atoms with Crippen LogP contribution in [0.2, 0.25) is 0 Å². The van der Waals surface area contributed by atoms with Crippen LogP contribution in [0.4, 0.5) is 0 Å². The first-order valence-corrected chi connectivity index (χ1v) is 10.7. The third-order valence-electron chi connectivity index (χ3n) is 3.75. The topological polar surface area (TPSA) is 102 Å². The van der Waals surface area contributed by atoms with Crippen LogP contribution >= 0.6 is 11.3 Å². The van der Waals surface area contributed by atoms with Crippen molar-refractivity contribution < 1.29 is 22.7 Å². The number of rotatable bonds is 8. The zero-order valence-corrected chi connectivity index (χ0v) is 16.9. The first-order valence-electron chi connectivity index (χ1n) is 8.29. The first kappa shape index (κ1) is 21.1. The fraction of sp³-hybridized carbons (Fsp3) is 0.333. The number of amides is 1. The number of hydrogen-bond donors (Lipinski definition) is 2. The Balaban J connectivity index is 2.42. The highest BCUT2D eigenvalue weighted by Gasteiger charge is 2.35. The molecule has 9 heteroatoms. The highest BCUT2D eigenvalue weighted by Crippen LogP contribution is 2.24. The Labute approximate surface area is 162 Å². The van der Waals surface area contributed by atoms with Crippen molar-refractivity contribution in [1.82, 2.24) is 10.0 Å². The van der Waals surface area contributed by atoms with E-state index in [9.17, 15) is 18.0 Å². The molecule has 0 spiro atoms. The summed E-state index contributed by atoms with van der Waals surface area (Å²) in [5.41, 5.74) is 1.48. The molecule has 0 fully saturated rings. The van der Waals surface area contributed by atoms with Crippen LogP contribution in [-0.4, -0.2) is 32.9 Å². The summed E-state index contributed by atoms with van der Waals surface area (Å²) in [6.07, 6.45) is 0. The van der Waals surface area contributed by atoms with Gasteiger partial charge in [-0.3, -0.25) is 4.79 Å². The van der Waals surface area contributed by atoms with E-state index in [-0.39, 0.29) is 11.5 Å². The molecule has 1 amide bonds. The van der Waals surface area contributed by atoms with Gasteiger partial charge in [0.05, 0.1) is 17.5 Å². The zero-order chi connectivity index (χ0) is 20.0. The van der Waals surface area contributed by atoms with Gasteiger partial charge in [-0.1, -0.05) is 17.7 Å². The molecular formula is C18H22N2O5S2. The molecule has 1 aromatic carbocycles. The molecule has 2 aromatic rings. The Kier molecular flexibility index (Phi) is 7.11. The summed E-state index contributed by atoms with van der Waals surface area (Å²) >= 11 is 1.35. The summed E-state index contributed by atoms with van der Waals surface area (Å²) in [6.45, 7) is 4.85. The van der Waals surface area contributed by atoms with Gasteiger partial charge in [-0.25, -0.2) is 17.9 Å². The first-order chi connectivity index (χ1) is 12.7. The quantitative estimate of drug-likeness (QED) is 0.649. The molecular weight excluding hydrogens is 388 g/mol. The molecule has 0 saturated carbocycles. The molecule has 7 nitrogen and oxygen atoms in total. The van der Waals surface area contributed by atoms with E-state index in [1.165, 1.54) is 30.4 Å². The lowest BCUT2D eigenvalue weighted by Crippen LogP contribution is -2.50. The number of nitrogens with one attached hydrogen (secondary N) is 2. The van der Waals surface area contributed by atoms with E-state index in [0.29, 0.717) is 5.56 Å². The van der Waals surface area contributed by atoms with Crippen LogP contribution in [0, 0.1) is 6.92 Å². The summed E-state index contributed by atoms with van der Waals surface area (Å²) < 4.78 is 33.3. The molecule has 0 saturated heterocycles. The Morgan fingerprint density at radius 1 is 1.19 bits per heavy atom. The summed E-state index contributed by atoms with van der Waals surface area (Å²) in [7, 11) is -3.94. The number of aryl methyl sites for hydroxylation is 1. The molecule has 0 radical (unpaired) electrons. The summed E-state index contributed by atoms with van der Waals surface area (Å²) in [4.78, 5) is 24.1. The van der Waals surface area contributed by atoms with Crippen LogP contribution in [-0.2, 0) is 24.3 Å². The van der Waals surface area contributed by atoms with Crippen molar-refractivity contribution in [3.05, 3.63) is 52.2 Å². The molecule has 2 rings (SSSR count). The average Bonchev–Trinajstić information content (AvgIpc) is 3.12. The minimum absolute atomic E-state index is 0.0683. The van der Waals surface area contributed by atoms with Crippen LogP contribution < -0.4 is 10.0 Å². The normalized spacial score (nSPS) is 13.6. The maximum atomic E-state index is 12.8. The number of esters is 1. The molecule has 146 valence electrons. The molecule has 1 aromatic heterocycles. The summed E-state index contributed by atoms with van der Waals surface area (Å²) in [5.74, 6) is -1.18. The Hall–Kier alpha value is -2.23. The fourth-order valence-corrected chi connectivity index (χ4v) is 4.40. The molecule has 27 heavy (non-hydrogen) atoms. The largest absolute Gasteiger partial charge is 0.464 e. The van der Waals surface area contributed by atoms with Crippen molar-refractivity contribution in [2.24, 2.45) is 0 Å². The summed E-state index contributed by atoms with van der Waals surface area (Å²) in [5, 5.41) is 5.98. The lowest BCUT2D eigenvalue weighted by molar-refractivity contribution is -0.148. The van der Waals surface area contributed by atoms with Gasteiger partial charge in [0.1, 0.15) is 6.04 Å². The maximum Gasteiger partial charge on any atom is 0.330 e. The highest BCUT2D eigenvalue weighted by atomic mass is 32.2. The number of thiophene rings is 1. The van der Waals surface area contributed by atoms with Gasteiger partial charge >= 0.3 is 5.97 Å². The Morgan fingerprint density at radius 2 is 1.85 bits per heavy atom. The zero-order valence-electron chi connectivity index (χ0n) is 15.3. The number of carbonyl (C=O) groups is 2. The fourth-order valence-electron chi connectivity index (χ4n) is 2.46. The van der Waals surface area contributed by atoms with Crippen molar-refractivity contribution in [3.8, 4) is 0 Å². The van der Waals surface area contributed by atoms with Gasteiger partial charge in [-0.05, 0) is 48.4 Å². The van der Waals surface area contributed by atoms with E-state index in [4.69, 9.17) is 4.74 Å². The standard InChI is InChI=1S/C18H22N2O5S2/c1-4-25-18(22)17(19-13(3)21)16(14-9-10-26-11-14)20-27(23,24)15-7-5-12(2)6-8-15/h5-11,16-17,20H,4H2,1-3H3,(H,19,21)/t16-,17-/m0/s1. The number of sulfonamides is 1. The number of hydrogen-bond acceptors (Lipinski definition) is 6. The number of carbonyl (C=O) groups excluding carboxylic acids is 2. The predicted molar refractivity (Wildman–Crippen MR) is 103 cm³/mol. The number of ether oxygens (including phenoxy) is 1. The maximum absolute atomic E-state index is 12.8. The van der Waals surface area contributed by atoms with E-state index in [0.717, 1.165) is 5.56 Å². The predicted octanol–water partition coefficient (Wildman–Crippen LogP) is 2.14.